The van der Waals surface area contributed by atoms with E-state index in [4.69, 9.17) is 4.74 Å². The smallest absolute Gasteiger partial charge is 0.410 e. The average Bonchev–Trinajstić information content (AvgIpc) is 3.13. The highest BCUT2D eigenvalue weighted by atomic mass is 16.6. The highest BCUT2D eigenvalue weighted by Crippen LogP contribution is 2.31. The van der Waals surface area contributed by atoms with Crippen molar-refractivity contribution in [3.63, 3.8) is 0 Å². The predicted octanol–water partition coefficient (Wildman–Crippen LogP) is 3.19. The summed E-state index contributed by atoms with van der Waals surface area (Å²) in [5.74, 6) is -0.0694. The van der Waals surface area contributed by atoms with Gasteiger partial charge in [0.15, 0.2) is 0 Å². The van der Waals surface area contributed by atoms with Gasteiger partial charge in [0.2, 0.25) is 5.91 Å². The van der Waals surface area contributed by atoms with Crippen LogP contribution in [-0.2, 0) is 16.0 Å². The lowest BCUT2D eigenvalue weighted by Gasteiger charge is -2.28. The molecule has 1 fully saturated rings. The Balaban J connectivity index is 1.65. The number of carbonyl (C=O) groups is 2. The van der Waals surface area contributed by atoms with E-state index in [0.717, 1.165) is 19.3 Å². The van der Waals surface area contributed by atoms with Crippen molar-refractivity contribution in [1.82, 2.24) is 10.2 Å². The minimum Gasteiger partial charge on any atom is -0.444 e. The third-order valence-corrected chi connectivity index (χ3v) is 4.63. The highest BCUT2D eigenvalue weighted by Gasteiger charge is 2.37. The van der Waals surface area contributed by atoms with Crippen molar-refractivity contribution in [3.8, 4) is 0 Å². The van der Waals surface area contributed by atoms with Crippen LogP contribution in [0.15, 0.2) is 24.3 Å². The van der Waals surface area contributed by atoms with Gasteiger partial charge in [-0.1, -0.05) is 24.3 Å². The summed E-state index contributed by atoms with van der Waals surface area (Å²) in [6, 6.07) is 7.86. The average molecular weight is 330 g/mol. The number of likely N-dealkylation sites (tertiary alicyclic amines) is 1. The lowest BCUT2D eigenvalue weighted by Crippen LogP contribution is -2.48. The topological polar surface area (TPSA) is 58.6 Å². The first kappa shape index (κ1) is 16.8. The second-order valence-electron chi connectivity index (χ2n) is 7.63. The summed E-state index contributed by atoms with van der Waals surface area (Å²) in [5.41, 5.74) is 1.95. The Labute approximate surface area is 143 Å². The van der Waals surface area contributed by atoms with Gasteiger partial charge in [-0.2, -0.15) is 0 Å². The lowest BCUT2D eigenvalue weighted by atomic mass is 10.1. The van der Waals surface area contributed by atoms with Crippen LogP contribution < -0.4 is 5.32 Å². The lowest BCUT2D eigenvalue weighted by molar-refractivity contribution is -0.126. The number of benzene rings is 1. The van der Waals surface area contributed by atoms with Crippen LogP contribution in [0.2, 0.25) is 0 Å². The Morgan fingerprint density at radius 1 is 1.21 bits per heavy atom. The van der Waals surface area contributed by atoms with Gasteiger partial charge < -0.3 is 10.1 Å². The number of nitrogens with one attached hydrogen (secondary N) is 1. The normalized spacial score (nSPS) is 23.0. The van der Waals surface area contributed by atoms with Crippen LogP contribution in [0.25, 0.3) is 0 Å². The number of hydrogen-bond donors (Lipinski definition) is 1. The fraction of sp³-hybridized carbons (Fsp3) is 0.579. The molecule has 0 spiro atoms. The zero-order valence-corrected chi connectivity index (χ0v) is 14.7. The van der Waals surface area contributed by atoms with Crippen LogP contribution in [-0.4, -0.2) is 35.1 Å². The predicted molar refractivity (Wildman–Crippen MR) is 91.6 cm³/mol. The molecule has 0 unspecified atom stereocenters. The van der Waals surface area contributed by atoms with Crippen LogP contribution in [0.5, 0.6) is 0 Å². The molecule has 1 aliphatic carbocycles. The maximum Gasteiger partial charge on any atom is 0.410 e. The summed E-state index contributed by atoms with van der Waals surface area (Å²) in [6.07, 6.45) is 3.04. The number of fused-ring (bicyclic) bond motifs is 1. The number of ether oxygens (including phenoxy) is 1. The second-order valence-corrected chi connectivity index (χ2v) is 7.63. The molecule has 0 aromatic heterocycles. The SMILES string of the molecule is CC(C)(C)OC(=O)N1CCC[C@H]1C(=O)N[C@H]1CCc2ccccc21. The van der Waals surface area contributed by atoms with Crippen LogP contribution in [0.3, 0.4) is 0 Å². The van der Waals surface area contributed by atoms with Crippen LogP contribution >= 0.6 is 0 Å². The zero-order valence-electron chi connectivity index (χ0n) is 14.7. The monoisotopic (exact) mass is 330 g/mol. The molecule has 1 aliphatic heterocycles. The van der Waals surface area contributed by atoms with Crippen molar-refractivity contribution in [2.45, 2.75) is 64.1 Å². The van der Waals surface area contributed by atoms with Crippen molar-refractivity contribution >= 4 is 12.0 Å². The summed E-state index contributed by atoms with van der Waals surface area (Å²) in [5, 5.41) is 3.14. The number of aryl methyl sites for hydroxylation is 1. The molecule has 0 bridgehead atoms. The van der Waals surface area contributed by atoms with Crippen molar-refractivity contribution < 1.29 is 14.3 Å². The number of rotatable bonds is 2. The maximum absolute atomic E-state index is 12.7. The van der Waals surface area contributed by atoms with Crippen molar-refractivity contribution in [2.24, 2.45) is 0 Å². The zero-order chi connectivity index (χ0) is 17.3. The Kier molecular flexibility index (Phi) is 4.52. The molecule has 24 heavy (non-hydrogen) atoms. The molecule has 2 amide bonds. The number of nitrogens with zero attached hydrogens (tertiary/aromatic N) is 1. The molecule has 2 atom stereocenters. The van der Waals surface area contributed by atoms with Gasteiger partial charge in [0.25, 0.3) is 0 Å². The van der Waals surface area contributed by atoms with Gasteiger partial charge in [-0.3, -0.25) is 9.69 Å². The molecular formula is C19H26N2O3. The molecular weight excluding hydrogens is 304 g/mol. The molecule has 1 aromatic rings. The Bertz CT molecular complexity index is 636. The van der Waals surface area contributed by atoms with E-state index in [9.17, 15) is 9.59 Å². The molecule has 0 radical (unpaired) electrons. The van der Waals surface area contributed by atoms with Crippen LogP contribution in [0.4, 0.5) is 4.79 Å². The van der Waals surface area contributed by atoms with E-state index in [0.29, 0.717) is 13.0 Å². The first-order valence-electron chi connectivity index (χ1n) is 8.73. The maximum atomic E-state index is 12.7. The Morgan fingerprint density at radius 2 is 1.96 bits per heavy atom. The van der Waals surface area contributed by atoms with Gasteiger partial charge in [-0.15, -0.1) is 0 Å². The Hall–Kier alpha value is -2.04. The van der Waals surface area contributed by atoms with Crippen molar-refractivity contribution in [3.05, 3.63) is 35.4 Å². The summed E-state index contributed by atoms with van der Waals surface area (Å²) in [6.45, 7) is 6.09. The molecule has 1 aromatic carbocycles. The van der Waals surface area contributed by atoms with Crippen molar-refractivity contribution in [2.75, 3.05) is 6.54 Å². The fourth-order valence-corrected chi connectivity index (χ4v) is 3.55. The molecule has 1 N–H and O–H groups in total. The van der Waals surface area contributed by atoms with E-state index >= 15 is 0 Å². The van der Waals surface area contributed by atoms with Gasteiger partial charge in [0.1, 0.15) is 11.6 Å². The molecule has 3 rings (SSSR count). The molecule has 5 nitrogen and oxygen atoms in total. The van der Waals surface area contributed by atoms with Gasteiger partial charge in [-0.25, -0.2) is 4.79 Å². The summed E-state index contributed by atoms with van der Waals surface area (Å²) in [7, 11) is 0. The summed E-state index contributed by atoms with van der Waals surface area (Å²) in [4.78, 5) is 26.6. The van der Waals surface area contributed by atoms with Crippen molar-refractivity contribution in [1.29, 1.82) is 0 Å². The minimum atomic E-state index is -0.551. The Morgan fingerprint density at radius 3 is 2.71 bits per heavy atom. The molecule has 2 aliphatic rings. The van der Waals surface area contributed by atoms with Gasteiger partial charge in [0.05, 0.1) is 6.04 Å². The minimum absolute atomic E-state index is 0.0507. The van der Waals surface area contributed by atoms with Gasteiger partial charge >= 0.3 is 6.09 Å². The van der Waals surface area contributed by atoms with Gasteiger partial charge in [-0.05, 0) is 57.6 Å². The van der Waals surface area contributed by atoms with E-state index in [1.54, 1.807) is 4.90 Å². The summed E-state index contributed by atoms with van der Waals surface area (Å²) < 4.78 is 5.44. The molecule has 130 valence electrons. The van der Waals surface area contributed by atoms with Crippen LogP contribution in [0.1, 0.15) is 57.2 Å². The molecule has 1 saturated heterocycles. The van der Waals surface area contributed by atoms with E-state index < -0.39 is 17.7 Å². The first-order valence-corrected chi connectivity index (χ1v) is 8.73. The largest absolute Gasteiger partial charge is 0.444 e. The third kappa shape index (κ3) is 3.55. The number of carbonyl (C=O) groups excluding carboxylic acids is 2. The van der Waals surface area contributed by atoms with E-state index in [2.05, 4.69) is 17.4 Å². The van der Waals surface area contributed by atoms with E-state index in [1.165, 1.54) is 11.1 Å². The summed E-state index contributed by atoms with van der Waals surface area (Å²) >= 11 is 0. The number of hydrogen-bond acceptors (Lipinski definition) is 3. The van der Waals surface area contributed by atoms with Crippen LogP contribution in [0, 0.1) is 0 Å². The molecule has 1 heterocycles. The third-order valence-electron chi connectivity index (χ3n) is 4.63. The molecule has 0 saturated carbocycles. The van der Waals surface area contributed by atoms with E-state index in [1.807, 2.05) is 32.9 Å². The standard InChI is InChI=1S/C19H26N2O3/c1-19(2,3)24-18(23)21-12-6-9-16(21)17(22)20-15-11-10-13-7-4-5-8-14(13)15/h4-5,7-8,15-16H,6,9-12H2,1-3H3,(H,20,22)/t15-,16-/m0/s1. The van der Waals surface area contributed by atoms with Gasteiger partial charge in [0, 0.05) is 6.54 Å². The number of amides is 2. The second kappa shape index (κ2) is 6.46. The fourth-order valence-electron chi connectivity index (χ4n) is 3.55. The highest BCUT2D eigenvalue weighted by molar-refractivity contribution is 5.86. The quantitative estimate of drug-likeness (QED) is 0.906. The van der Waals surface area contributed by atoms with E-state index in [-0.39, 0.29) is 11.9 Å². The first-order chi connectivity index (χ1) is 11.3. The molecule has 5 heteroatoms.